The Balaban J connectivity index is 1.69. The Morgan fingerprint density at radius 1 is 1.00 bits per heavy atom. The molecular weight excluding hydrogens is 428 g/mol. The van der Waals surface area contributed by atoms with E-state index < -0.39 is 29.5 Å². The third-order valence-electron chi connectivity index (χ3n) is 5.18. The number of carbonyl (C=O) groups excluding carboxylic acids is 2. The van der Waals surface area contributed by atoms with Crippen LogP contribution in [-0.2, 0) is 16.9 Å². The highest BCUT2D eigenvalue weighted by atomic mass is 35.5. The maximum Gasteiger partial charge on any atom is 0.264 e. The number of hydrogen-bond donors (Lipinski definition) is 1. The van der Waals surface area contributed by atoms with Crippen molar-refractivity contribution in [2.75, 3.05) is 4.90 Å². The Bertz CT molecular complexity index is 1170. The molecule has 1 heterocycles. The SMILES string of the molecule is O=C(CC1(O)C(=O)N(Cc2ccccc2F)c2ccccc21)c1ccc(Cl)c(Cl)c1. The van der Waals surface area contributed by atoms with Crippen molar-refractivity contribution < 1.29 is 19.1 Å². The van der Waals surface area contributed by atoms with Gasteiger partial charge in [-0.2, -0.15) is 0 Å². The third-order valence-corrected chi connectivity index (χ3v) is 5.92. The van der Waals surface area contributed by atoms with Gasteiger partial charge in [0.15, 0.2) is 11.4 Å². The van der Waals surface area contributed by atoms with Gasteiger partial charge >= 0.3 is 0 Å². The van der Waals surface area contributed by atoms with Crippen LogP contribution in [0, 0.1) is 5.82 Å². The molecule has 1 unspecified atom stereocenters. The first-order chi connectivity index (χ1) is 14.3. The van der Waals surface area contributed by atoms with Crippen LogP contribution >= 0.6 is 23.2 Å². The summed E-state index contributed by atoms with van der Waals surface area (Å²) < 4.78 is 14.2. The van der Waals surface area contributed by atoms with Gasteiger partial charge in [-0.25, -0.2) is 4.39 Å². The number of halogens is 3. The Kier molecular flexibility index (Phi) is 5.36. The summed E-state index contributed by atoms with van der Waals surface area (Å²) in [5.74, 6) is -1.60. The normalized spacial score (nSPS) is 17.9. The highest BCUT2D eigenvalue weighted by Crippen LogP contribution is 2.43. The van der Waals surface area contributed by atoms with E-state index in [9.17, 15) is 19.1 Å². The zero-order chi connectivity index (χ0) is 21.5. The number of ketones is 1. The summed E-state index contributed by atoms with van der Waals surface area (Å²) in [6.07, 6.45) is -0.478. The standard InChI is InChI=1S/C23H16Cl2FNO3/c24-17-10-9-14(11-18(17)25)21(28)12-23(30)16-6-2-4-8-20(16)27(22(23)29)13-15-5-1-3-7-19(15)26/h1-11,30H,12-13H2. The number of para-hydroxylation sites is 1. The van der Waals surface area contributed by atoms with E-state index in [1.807, 2.05) is 0 Å². The van der Waals surface area contributed by atoms with Gasteiger partial charge in [0.25, 0.3) is 5.91 Å². The maximum absolute atomic E-state index is 14.2. The minimum atomic E-state index is -2.06. The van der Waals surface area contributed by atoms with Gasteiger partial charge in [0.05, 0.1) is 28.7 Å². The van der Waals surface area contributed by atoms with E-state index in [1.54, 1.807) is 42.5 Å². The van der Waals surface area contributed by atoms with Crippen molar-refractivity contribution in [1.29, 1.82) is 0 Å². The number of hydrogen-bond acceptors (Lipinski definition) is 3. The number of Topliss-reactive ketones (excluding diaryl/α,β-unsaturated/α-hetero) is 1. The molecular formula is C23H16Cl2FNO3. The van der Waals surface area contributed by atoms with Gasteiger partial charge in [0, 0.05) is 16.7 Å². The molecule has 0 fully saturated rings. The predicted octanol–water partition coefficient (Wildman–Crippen LogP) is 5.14. The monoisotopic (exact) mass is 443 g/mol. The van der Waals surface area contributed by atoms with Crippen molar-refractivity contribution in [3.8, 4) is 0 Å². The summed E-state index contributed by atoms with van der Waals surface area (Å²) >= 11 is 11.9. The summed E-state index contributed by atoms with van der Waals surface area (Å²) in [6.45, 7) is -0.0637. The van der Waals surface area contributed by atoms with Gasteiger partial charge in [-0.3, -0.25) is 9.59 Å². The lowest BCUT2D eigenvalue weighted by atomic mass is 9.88. The largest absolute Gasteiger partial charge is 0.375 e. The molecule has 4 rings (SSSR count). The molecule has 1 atom stereocenters. The Labute approximate surface area is 182 Å². The van der Waals surface area contributed by atoms with Crippen LogP contribution in [0.1, 0.15) is 27.9 Å². The van der Waals surface area contributed by atoms with Gasteiger partial charge in [-0.15, -0.1) is 0 Å². The number of anilines is 1. The Morgan fingerprint density at radius 3 is 2.43 bits per heavy atom. The van der Waals surface area contributed by atoms with Crippen molar-refractivity contribution in [3.63, 3.8) is 0 Å². The summed E-state index contributed by atoms with van der Waals surface area (Å²) in [5.41, 5.74) is -0.781. The van der Waals surface area contributed by atoms with Gasteiger partial charge in [0.1, 0.15) is 5.82 Å². The second-order valence-corrected chi connectivity index (χ2v) is 7.90. The molecule has 1 amide bonds. The fourth-order valence-electron chi connectivity index (χ4n) is 3.64. The van der Waals surface area contributed by atoms with E-state index in [1.165, 1.54) is 29.2 Å². The minimum absolute atomic E-state index is 0.0637. The molecule has 0 spiro atoms. The molecule has 4 nitrogen and oxygen atoms in total. The summed E-state index contributed by atoms with van der Waals surface area (Å²) in [7, 11) is 0. The van der Waals surface area contributed by atoms with Crippen molar-refractivity contribution in [1.82, 2.24) is 0 Å². The number of nitrogens with zero attached hydrogens (tertiary/aromatic N) is 1. The lowest BCUT2D eigenvalue weighted by molar-refractivity contribution is -0.136. The average molecular weight is 444 g/mol. The molecule has 7 heteroatoms. The fraction of sp³-hybridized carbons (Fsp3) is 0.130. The molecule has 1 aliphatic rings. The van der Waals surface area contributed by atoms with Crippen LogP contribution in [0.5, 0.6) is 0 Å². The highest BCUT2D eigenvalue weighted by molar-refractivity contribution is 6.42. The molecule has 0 saturated heterocycles. The molecule has 3 aromatic rings. The first kappa shape index (κ1) is 20.5. The molecule has 1 N–H and O–H groups in total. The van der Waals surface area contributed by atoms with Crippen LogP contribution in [0.25, 0.3) is 0 Å². The summed E-state index contributed by atoms with van der Waals surface area (Å²) in [6, 6.07) is 17.1. The topological polar surface area (TPSA) is 57.6 Å². The average Bonchev–Trinajstić information content (AvgIpc) is 2.93. The van der Waals surface area contributed by atoms with Crippen LogP contribution in [0.15, 0.2) is 66.7 Å². The quantitative estimate of drug-likeness (QED) is 0.555. The van der Waals surface area contributed by atoms with E-state index in [0.29, 0.717) is 21.8 Å². The van der Waals surface area contributed by atoms with E-state index >= 15 is 0 Å². The number of benzene rings is 3. The number of aliphatic hydroxyl groups is 1. The van der Waals surface area contributed by atoms with Crippen LogP contribution < -0.4 is 4.90 Å². The maximum atomic E-state index is 14.2. The van der Waals surface area contributed by atoms with Crippen LogP contribution in [0.4, 0.5) is 10.1 Å². The minimum Gasteiger partial charge on any atom is -0.375 e. The van der Waals surface area contributed by atoms with E-state index in [0.717, 1.165) is 0 Å². The molecule has 3 aromatic carbocycles. The zero-order valence-corrected chi connectivity index (χ0v) is 17.1. The second kappa shape index (κ2) is 7.84. The van der Waals surface area contributed by atoms with Crippen molar-refractivity contribution in [2.45, 2.75) is 18.6 Å². The molecule has 0 aliphatic carbocycles. The first-order valence-corrected chi connectivity index (χ1v) is 9.92. The highest BCUT2D eigenvalue weighted by Gasteiger charge is 2.50. The molecule has 0 saturated carbocycles. The lowest BCUT2D eigenvalue weighted by Crippen LogP contribution is -2.41. The van der Waals surface area contributed by atoms with Crippen LogP contribution in [-0.4, -0.2) is 16.8 Å². The molecule has 152 valence electrons. The fourth-order valence-corrected chi connectivity index (χ4v) is 3.93. The molecule has 30 heavy (non-hydrogen) atoms. The van der Waals surface area contributed by atoms with E-state index in [-0.39, 0.29) is 17.1 Å². The number of carbonyl (C=O) groups is 2. The van der Waals surface area contributed by atoms with Gasteiger partial charge < -0.3 is 10.0 Å². The van der Waals surface area contributed by atoms with Gasteiger partial charge in [0.2, 0.25) is 0 Å². The molecule has 1 aliphatic heterocycles. The lowest BCUT2D eigenvalue weighted by Gasteiger charge is -2.23. The Hall–Kier alpha value is -2.73. The smallest absolute Gasteiger partial charge is 0.264 e. The summed E-state index contributed by atoms with van der Waals surface area (Å²) in [4.78, 5) is 27.4. The van der Waals surface area contributed by atoms with Crippen LogP contribution in [0.2, 0.25) is 10.0 Å². The van der Waals surface area contributed by atoms with Crippen molar-refractivity contribution >= 4 is 40.6 Å². The molecule has 0 radical (unpaired) electrons. The molecule has 0 bridgehead atoms. The van der Waals surface area contributed by atoms with Crippen molar-refractivity contribution in [3.05, 3.63) is 99.3 Å². The first-order valence-electron chi connectivity index (χ1n) is 9.17. The number of rotatable bonds is 5. The summed E-state index contributed by atoms with van der Waals surface area (Å²) in [5, 5.41) is 11.8. The van der Waals surface area contributed by atoms with Gasteiger partial charge in [-0.05, 0) is 30.3 Å². The Morgan fingerprint density at radius 2 is 1.70 bits per heavy atom. The van der Waals surface area contributed by atoms with E-state index in [2.05, 4.69) is 0 Å². The van der Waals surface area contributed by atoms with Crippen molar-refractivity contribution in [2.24, 2.45) is 0 Å². The van der Waals surface area contributed by atoms with Gasteiger partial charge in [-0.1, -0.05) is 59.6 Å². The number of amides is 1. The van der Waals surface area contributed by atoms with Crippen LogP contribution in [0.3, 0.4) is 0 Å². The molecule has 0 aromatic heterocycles. The zero-order valence-electron chi connectivity index (χ0n) is 15.6. The predicted molar refractivity (Wildman–Crippen MR) is 113 cm³/mol. The second-order valence-electron chi connectivity index (χ2n) is 7.09. The third kappa shape index (κ3) is 3.49. The number of fused-ring (bicyclic) bond motifs is 1. The van der Waals surface area contributed by atoms with E-state index in [4.69, 9.17) is 23.2 Å².